The number of rotatable bonds is 5. The average molecular weight is 478 g/mol. The van der Waals surface area contributed by atoms with Crippen LogP contribution in [-0.4, -0.2) is 71.9 Å². The van der Waals surface area contributed by atoms with Crippen LogP contribution in [0.1, 0.15) is 28.8 Å². The number of benzene rings is 1. The van der Waals surface area contributed by atoms with Crippen molar-refractivity contribution in [1.82, 2.24) is 19.8 Å². The van der Waals surface area contributed by atoms with E-state index in [0.717, 1.165) is 29.6 Å². The van der Waals surface area contributed by atoms with Gasteiger partial charge in [0.05, 0.1) is 30.1 Å². The Balaban J connectivity index is 1.26. The molecule has 0 unspecified atom stereocenters. The highest BCUT2D eigenvalue weighted by Crippen LogP contribution is 2.38. The van der Waals surface area contributed by atoms with Crippen LogP contribution in [0.15, 0.2) is 36.7 Å². The van der Waals surface area contributed by atoms with Crippen LogP contribution in [0.3, 0.4) is 0 Å². The molecule has 0 radical (unpaired) electrons. The topological polar surface area (TPSA) is 97.6 Å². The van der Waals surface area contributed by atoms with Crippen LogP contribution in [-0.2, 0) is 4.74 Å². The quantitative estimate of drug-likeness (QED) is 0.607. The number of fused-ring (bicyclic) bond motifs is 2. The van der Waals surface area contributed by atoms with E-state index < -0.39 is 0 Å². The highest BCUT2D eigenvalue weighted by Gasteiger charge is 2.33. The van der Waals surface area contributed by atoms with Gasteiger partial charge in [0.15, 0.2) is 5.75 Å². The summed E-state index contributed by atoms with van der Waals surface area (Å²) in [6, 6.07) is 7.41. The number of hydrogen-bond donors (Lipinski definition) is 1. The third-order valence-corrected chi connectivity index (χ3v) is 6.76. The van der Waals surface area contributed by atoms with E-state index in [9.17, 15) is 9.59 Å². The van der Waals surface area contributed by atoms with Crippen molar-refractivity contribution in [3.63, 3.8) is 0 Å². The maximum absolute atomic E-state index is 13.0. The number of urea groups is 1. The molecule has 1 saturated carbocycles. The summed E-state index contributed by atoms with van der Waals surface area (Å²) in [5.41, 5.74) is 2.84. The number of carbonyl (C=O) groups excluding carboxylic acids is 2. The SMILES string of the molecule is COC1CN(C(=O)c2cn3nccc(Oc4ccc5c(c4)OCCN5C(=O)NC4CC4)c3c2C)C1. The Kier molecular flexibility index (Phi) is 5.25. The second-order valence-electron chi connectivity index (χ2n) is 9.18. The van der Waals surface area contributed by atoms with E-state index in [0.29, 0.717) is 49.1 Å². The van der Waals surface area contributed by atoms with Gasteiger partial charge in [-0.05, 0) is 37.5 Å². The zero-order valence-electron chi connectivity index (χ0n) is 19.7. The zero-order valence-corrected chi connectivity index (χ0v) is 19.7. The molecule has 2 aromatic heterocycles. The minimum Gasteiger partial charge on any atom is -0.489 e. The normalized spacial score (nSPS) is 17.5. The van der Waals surface area contributed by atoms with Crippen molar-refractivity contribution in [3.8, 4) is 17.2 Å². The van der Waals surface area contributed by atoms with Gasteiger partial charge in [0, 0.05) is 44.6 Å². The lowest BCUT2D eigenvalue weighted by atomic mass is 10.1. The van der Waals surface area contributed by atoms with Gasteiger partial charge >= 0.3 is 6.03 Å². The number of anilines is 1. The first-order valence-corrected chi connectivity index (χ1v) is 11.8. The van der Waals surface area contributed by atoms with E-state index in [1.807, 2.05) is 19.1 Å². The highest BCUT2D eigenvalue weighted by molar-refractivity contribution is 5.99. The molecule has 2 aliphatic heterocycles. The molecular weight excluding hydrogens is 450 g/mol. The fraction of sp³-hybridized carbons (Fsp3) is 0.400. The third-order valence-electron chi connectivity index (χ3n) is 6.76. The molecule has 0 bridgehead atoms. The molecule has 3 amide bonds. The van der Waals surface area contributed by atoms with E-state index in [1.165, 1.54) is 0 Å². The fourth-order valence-electron chi connectivity index (χ4n) is 4.53. The van der Waals surface area contributed by atoms with E-state index >= 15 is 0 Å². The molecule has 0 spiro atoms. The van der Waals surface area contributed by atoms with Gasteiger partial charge in [-0.15, -0.1) is 0 Å². The van der Waals surface area contributed by atoms with E-state index in [4.69, 9.17) is 14.2 Å². The summed E-state index contributed by atoms with van der Waals surface area (Å²) in [6.45, 7) is 3.99. The van der Waals surface area contributed by atoms with Gasteiger partial charge in [0.25, 0.3) is 5.91 Å². The summed E-state index contributed by atoms with van der Waals surface area (Å²) < 4.78 is 19.0. The number of methoxy groups -OCH3 is 1. The van der Waals surface area contributed by atoms with E-state index in [2.05, 4.69) is 10.4 Å². The molecule has 182 valence electrons. The molecule has 1 aliphatic carbocycles. The van der Waals surface area contributed by atoms with Crippen LogP contribution < -0.4 is 19.7 Å². The number of likely N-dealkylation sites (tertiary alicyclic amines) is 1. The molecule has 2 fully saturated rings. The molecule has 4 heterocycles. The van der Waals surface area contributed by atoms with Crippen LogP contribution in [0.5, 0.6) is 17.2 Å². The van der Waals surface area contributed by atoms with Crippen LogP contribution in [0.25, 0.3) is 5.52 Å². The number of aryl methyl sites for hydroxylation is 1. The predicted molar refractivity (Wildman–Crippen MR) is 128 cm³/mol. The standard InChI is InChI=1S/C25H27N5O5/c1-15-19(24(31)28-12-18(13-28)33-2)14-30-23(15)21(7-8-26-30)35-17-5-6-20-22(11-17)34-10-9-29(20)25(32)27-16-3-4-16/h5-8,11,14,16,18H,3-4,9-10,12-13H2,1-2H3,(H,27,32). The average Bonchev–Trinajstić information content (AvgIpc) is 3.58. The highest BCUT2D eigenvalue weighted by atomic mass is 16.5. The summed E-state index contributed by atoms with van der Waals surface area (Å²) in [5.74, 6) is 1.70. The first-order chi connectivity index (χ1) is 17.0. The van der Waals surface area contributed by atoms with Crippen molar-refractivity contribution in [2.45, 2.75) is 31.9 Å². The number of aromatic nitrogens is 2. The van der Waals surface area contributed by atoms with Crippen molar-refractivity contribution in [2.24, 2.45) is 0 Å². The second-order valence-corrected chi connectivity index (χ2v) is 9.18. The Hall–Kier alpha value is -3.79. The molecule has 1 saturated heterocycles. The molecule has 10 nitrogen and oxygen atoms in total. The Labute approximate surface area is 202 Å². The Morgan fingerprint density at radius 1 is 1.20 bits per heavy atom. The first-order valence-electron chi connectivity index (χ1n) is 11.8. The molecular formula is C25H27N5O5. The lowest BCUT2D eigenvalue weighted by Gasteiger charge is -2.38. The predicted octanol–water partition coefficient (Wildman–Crippen LogP) is 2.98. The van der Waals surface area contributed by atoms with Crippen LogP contribution in [0, 0.1) is 6.92 Å². The van der Waals surface area contributed by atoms with Gasteiger partial charge in [0.2, 0.25) is 0 Å². The van der Waals surface area contributed by atoms with E-state index in [1.54, 1.807) is 46.0 Å². The van der Waals surface area contributed by atoms with E-state index in [-0.39, 0.29) is 24.1 Å². The van der Waals surface area contributed by atoms with Crippen LogP contribution in [0.4, 0.5) is 10.5 Å². The summed E-state index contributed by atoms with van der Waals surface area (Å²) in [6.07, 6.45) is 5.55. The third kappa shape index (κ3) is 3.93. The number of amides is 3. The molecule has 10 heteroatoms. The minimum atomic E-state index is -0.0958. The van der Waals surface area contributed by atoms with Gasteiger partial charge in [-0.1, -0.05) is 0 Å². The first kappa shape index (κ1) is 21.7. The Bertz CT molecular complexity index is 1310. The Morgan fingerprint density at radius 2 is 2.03 bits per heavy atom. The van der Waals surface area contributed by atoms with Crippen molar-refractivity contribution in [3.05, 3.63) is 47.8 Å². The molecule has 6 rings (SSSR count). The molecule has 3 aromatic rings. The molecule has 3 aliphatic rings. The lowest BCUT2D eigenvalue weighted by Crippen LogP contribution is -2.54. The van der Waals surface area contributed by atoms with Crippen LogP contribution in [0.2, 0.25) is 0 Å². The summed E-state index contributed by atoms with van der Waals surface area (Å²) >= 11 is 0. The smallest absolute Gasteiger partial charge is 0.322 e. The number of ether oxygens (including phenoxy) is 3. The largest absolute Gasteiger partial charge is 0.489 e. The maximum Gasteiger partial charge on any atom is 0.322 e. The minimum absolute atomic E-state index is 0.0426. The van der Waals surface area contributed by atoms with Crippen molar-refractivity contribution in [1.29, 1.82) is 0 Å². The van der Waals surface area contributed by atoms with Crippen LogP contribution >= 0.6 is 0 Å². The molecule has 0 atom stereocenters. The lowest BCUT2D eigenvalue weighted by molar-refractivity contribution is -0.0192. The summed E-state index contributed by atoms with van der Waals surface area (Å²) in [4.78, 5) is 29.1. The monoisotopic (exact) mass is 477 g/mol. The number of nitrogens with zero attached hydrogens (tertiary/aromatic N) is 4. The van der Waals surface area contributed by atoms with Gasteiger partial charge < -0.3 is 24.4 Å². The van der Waals surface area contributed by atoms with Gasteiger partial charge in [0.1, 0.15) is 23.6 Å². The van der Waals surface area contributed by atoms with Crippen molar-refractivity contribution >= 4 is 23.1 Å². The van der Waals surface area contributed by atoms with Gasteiger partial charge in [-0.3, -0.25) is 9.69 Å². The fourth-order valence-corrected chi connectivity index (χ4v) is 4.53. The summed E-state index contributed by atoms with van der Waals surface area (Å²) in [7, 11) is 1.66. The number of hydrogen-bond acceptors (Lipinski definition) is 6. The van der Waals surface area contributed by atoms with Crippen molar-refractivity contribution < 1.29 is 23.8 Å². The van der Waals surface area contributed by atoms with Crippen molar-refractivity contribution in [2.75, 3.05) is 38.3 Å². The Morgan fingerprint density at radius 3 is 2.80 bits per heavy atom. The van der Waals surface area contributed by atoms with Gasteiger partial charge in [-0.25, -0.2) is 9.31 Å². The molecule has 1 aromatic carbocycles. The summed E-state index contributed by atoms with van der Waals surface area (Å²) in [5, 5.41) is 7.41. The number of nitrogens with one attached hydrogen (secondary N) is 1. The van der Waals surface area contributed by atoms with Gasteiger partial charge in [-0.2, -0.15) is 5.10 Å². The molecule has 1 N–H and O–H groups in total. The zero-order chi connectivity index (χ0) is 24.1. The number of carbonyl (C=O) groups is 2. The second kappa shape index (κ2) is 8.46. The molecule has 35 heavy (non-hydrogen) atoms. The maximum atomic E-state index is 13.0.